The van der Waals surface area contributed by atoms with Crippen LogP contribution in [0.2, 0.25) is 0 Å². The minimum Gasteiger partial charge on any atom is -0.369 e. The minimum atomic E-state index is 0.611. The third-order valence-corrected chi connectivity index (χ3v) is 3.78. The zero-order valence-electron chi connectivity index (χ0n) is 10.2. The van der Waals surface area contributed by atoms with Crippen LogP contribution in [0.25, 0.3) is 0 Å². The number of aryl methyl sites for hydroxylation is 1. The van der Waals surface area contributed by atoms with Gasteiger partial charge < -0.3 is 4.90 Å². The molecule has 1 aliphatic rings. The maximum atomic E-state index is 6.04. The van der Waals surface area contributed by atoms with Crippen LogP contribution in [0.3, 0.4) is 0 Å². The molecule has 1 heterocycles. The molecule has 0 aliphatic carbocycles. The van der Waals surface area contributed by atoms with Crippen LogP contribution in [-0.2, 0) is 5.88 Å². The fourth-order valence-corrected chi connectivity index (χ4v) is 2.77. The van der Waals surface area contributed by atoms with E-state index in [2.05, 4.69) is 36.9 Å². The van der Waals surface area contributed by atoms with Gasteiger partial charge in [-0.05, 0) is 44.7 Å². The number of halogens is 1. The zero-order valence-corrected chi connectivity index (χ0v) is 10.9. The summed E-state index contributed by atoms with van der Waals surface area (Å²) in [4.78, 5) is 2.51. The molecule has 2 heteroatoms. The number of nitrogens with zero attached hydrogens (tertiary/aromatic N) is 1. The number of hydrogen-bond donors (Lipinski definition) is 0. The van der Waals surface area contributed by atoms with Crippen molar-refractivity contribution in [3.63, 3.8) is 0 Å². The molecule has 88 valence electrons. The van der Waals surface area contributed by atoms with E-state index in [1.54, 1.807) is 0 Å². The van der Waals surface area contributed by atoms with Crippen molar-refractivity contribution >= 4 is 17.3 Å². The van der Waals surface area contributed by atoms with E-state index in [0.29, 0.717) is 11.9 Å². The van der Waals surface area contributed by atoms with E-state index in [1.807, 2.05) is 0 Å². The van der Waals surface area contributed by atoms with Crippen LogP contribution in [0.4, 0.5) is 5.69 Å². The van der Waals surface area contributed by atoms with E-state index in [4.69, 9.17) is 11.6 Å². The quantitative estimate of drug-likeness (QED) is 0.700. The average Bonchev–Trinajstić information content (AvgIpc) is 2.30. The Balaban J connectivity index is 2.30. The molecule has 1 unspecified atom stereocenters. The topological polar surface area (TPSA) is 3.24 Å². The van der Waals surface area contributed by atoms with Gasteiger partial charge in [-0.25, -0.2) is 0 Å². The van der Waals surface area contributed by atoms with Gasteiger partial charge in [-0.2, -0.15) is 0 Å². The number of rotatable bonds is 2. The summed E-state index contributed by atoms with van der Waals surface area (Å²) in [5.74, 6) is 0.611. The van der Waals surface area contributed by atoms with Crippen LogP contribution in [0, 0.1) is 6.92 Å². The first-order valence-electron chi connectivity index (χ1n) is 6.14. The largest absolute Gasteiger partial charge is 0.369 e. The highest BCUT2D eigenvalue weighted by molar-refractivity contribution is 6.17. The van der Waals surface area contributed by atoms with Gasteiger partial charge in [0.05, 0.1) is 0 Å². The monoisotopic (exact) mass is 237 g/mol. The molecule has 2 rings (SSSR count). The Bertz CT molecular complexity index is 362. The summed E-state index contributed by atoms with van der Waals surface area (Å²) in [5.41, 5.74) is 3.91. The molecule has 0 aromatic heterocycles. The van der Waals surface area contributed by atoms with Gasteiger partial charge in [0.25, 0.3) is 0 Å². The lowest BCUT2D eigenvalue weighted by molar-refractivity contribution is 0.484. The van der Waals surface area contributed by atoms with Gasteiger partial charge in [0.15, 0.2) is 0 Å². The van der Waals surface area contributed by atoms with Crippen LogP contribution >= 0.6 is 11.6 Å². The van der Waals surface area contributed by atoms with Crippen molar-refractivity contribution in [1.29, 1.82) is 0 Å². The van der Waals surface area contributed by atoms with Crippen molar-refractivity contribution < 1.29 is 0 Å². The van der Waals surface area contributed by atoms with E-state index >= 15 is 0 Å². The molecule has 1 aromatic carbocycles. The first kappa shape index (κ1) is 11.8. The third kappa shape index (κ3) is 2.35. The maximum Gasteiger partial charge on any atom is 0.0494 e. The summed E-state index contributed by atoms with van der Waals surface area (Å²) in [6.07, 6.45) is 3.97. The molecule has 0 saturated carbocycles. The Hall–Kier alpha value is -0.690. The van der Waals surface area contributed by atoms with Crippen LogP contribution in [0.1, 0.15) is 37.3 Å². The van der Waals surface area contributed by atoms with Gasteiger partial charge in [0.1, 0.15) is 0 Å². The molecular formula is C14H20ClN. The summed E-state index contributed by atoms with van der Waals surface area (Å²) in [5, 5.41) is 0. The van der Waals surface area contributed by atoms with Crippen LogP contribution in [0.5, 0.6) is 0 Å². The number of benzene rings is 1. The smallest absolute Gasteiger partial charge is 0.0494 e. The molecule has 0 N–H and O–H groups in total. The highest BCUT2D eigenvalue weighted by atomic mass is 35.5. The second kappa shape index (κ2) is 5.09. The first-order valence-corrected chi connectivity index (χ1v) is 6.68. The molecule has 1 atom stereocenters. The molecule has 0 amide bonds. The first-order chi connectivity index (χ1) is 7.72. The summed E-state index contributed by atoms with van der Waals surface area (Å²) >= 11 is 6.04. The van der Waals surface area contributed by atoms with Crippen LogP contribution in [0.15, 0.2) is 18.2 Å². The number of alkyl halides is 1. The normalized spacial score (nSPS) is 21.2. The molecule has 0 spiro atoms. The molecule has 1 aromatic rings. The zero-order chi connectivity index (χ0) is 11.5. The molecule has 1 nitrogen and oxygen atoms in total. The molecular weight excluding hydrogens is 218 g/mol. The van der Waals surface area contributed by atoms with Gasteiger partial charge in [-0.3, -0.25) is 0 Å². The fraction of sp³-hybridized carbons (Fsp3) is 0.571. The van der Waals surface area contributed by atoms with E-state index in [1.165, 1.54) is 42.6 Å². The maximum absolute atomic E-state index is 6.04. The fourth-order valence-electron chi connectivity index (χ4n) is 2.56. The average molecular weight is 238 g/mol. The highest BCUT2D eigenvalue weighted by Crippen LogP contribution is 2.29. The molecule has 1 saturated heterocycles. The second-order valence-electron chi connectivity index (χ2n) is 4.80. The summed E-state index contributed by atoms with van der Waals surface area (Å²) in [6.45, 7) is 5.62. The standard InChI is InChI=1S/C14H20ClN/c1-11-6-7-14(13(9-11)10-15)16-8-4-3-5-12(16)2/h6-7,9,12H,3-5,8,10H2,1-2H3. The second-order valence-corrected chi connectivity index (χ2v) is 5.07. The number of anilines is 1. The predicted molar refractivity (Wildman–Crippen MR) is 71.4 cm³/mol. The van der Waals surface area contributed by atoms with Crippen molar-refractivity contribution in [3.8, 4) is 0 Å². The Morgan fingerprint density at radius 1 is 1.38 bits per heavy atom. The molecule has 0 bridgehead atoms. The third-order valence-electron chi connectivity index (χ3n) is 3.49. The SMILES string of the molecule is Cc1ccc(N2CCCCC2C)c(CCl)c1. The molecule has 1 fully saturated rings. The lowest BCUT2D eigenvalue weighted by Gasteiger charge is -2.36. The van der Waals surface area contributed by atoms with Crippen LogP contribution < -0.4 is 4.90 Å². The van der Waals surface area contributed by atoms with Gasteiger partial charge >= 0.3 is 0 Å². The van der Waals surface area contributed by atoms with E-state index in [-0.39, 0.29) is 0 Å². The van der Waals surface area contributed by atoms with Gasteiger partial charge in [0.2, 0.25) is 0 Å². The summed E-state index contributed by atoms with van der Waals surface area (Å²) in [7, 11) is 0. The van der Waals surface area contributed by atoms with E-state index < -0.39 is 0 Å². The molecule has 16 heavy (non-hydrogen) atoms. The van der Waals surface area contributed by atoms with E-state index in [9.17, 15) is 0 Å². The summed E-state index contributed by atoms with van der Waals surface area (Å²) < 4.78 is 0. The van der Waals surface area contributed by atoms with Gasteiger partial charge in [-0.1, -0.05) is 17.7 Å². The van der Waals surface area contributed by atoms with Crippen molar-refractivity contribution in [2.75, 3.05) is 11.4 Å². The van der Waals surface area contributed by atoms with Gasteiger partial charge in [0, 0.05) is 24.2 Å². The molecule has 1 aliphatic heterocycles. The lowest BCUT2D eigenvalue weighted by atomic mass is 10.0. The van der Waals surface area contributed by atoms with Crippen molar-refractivity contribution in [2.45, 2.75) is 45.0 Å². The Labute approximate surface area is 103 Å². The van der Waals surface area contributed by atoms with Gasteiger partial charge in [-0.15, -0.1) is 11.6 Å². The predicted octanol–water partition coefficient (Wildman–Crippen LogP) is 4.11. The van der Waals surface area contributed by atoms with Crippen molar-refractivity contribution in [3.05, 3.63) is 29.3 Å². The Kier molecular flexibility index (Phi) is 3.75. The molecule has 0 radical (unpaired) electrons. The van der Waals surface area contributed by atoms with Crippen molar-refractivity contribution in [1.82, 2.24) is 0 Å². The minimum absolute atomic E-state index is 0.611. The van der Waals surface area contributed by atoms with Crippen molar-refractivity contribution in [2.24, 2.45) is 0 Å². The van der Waals surface area contributed by atoms with Crippen LogP contribution in [-0.4, -0.2) is 12.6 Å². The Morgan fingerprint density at radius 3 is 2.88 bits per heavy atom. The number of hydrogen-bond acceptors (Lipinski definition) is 1. The highest BCUT2D eigenvalue weighted by Gasteiger charge is 2.20. The Morgan fingerprint density at radius 2 is 2.19 bits per heavy atom. The lowest BCUT2D eigenvalue weighted by Crippen LogP contribution is -2.37. The van der Waals surface area contributed by atoms with E-state index in [0.717, 1.165) is 0 Å². The number of piperidine rings is 1. The summed E-state index contributed by atoms with van der Waals surface area (Å²) in [6, 6.07) is 7.28.